The molecule has 1 heterocycles. The molecular weight excluding hydrogens is 256 g/mol. The summed E-state index contributed by atoms with van der Waals surface area (Å²) < 4.78 is 0. The first-order chi connectivity index (χ1) is 9.35. The molecule has 0 aromatic carbocycles. The van der Waals surface area contributed by atoms with E-state index < -0.39 is 12.0 Å². The number of piperidine rings is 1. The van der Waals surface area contributed by atoms with Crippen LogP contribution < -0.4 is 0 Å². The highest BCUT2D eigenvalue weighted by Gasteiger charge is 2.33. The second-order valence-corrected chi connectivity index (χ2v) is 5.82. The summed E-state index contributed by atoms with van der Waals surface area (Å²) >= 11 is 0. The Kier molecular flexibility index (Phi) is 6.20. The van der Waals surface area contributed by atoms with Crippen LogP contribution in [0.25, 0.3) is 0 Å². The number of carboxylic acid groups (broad SMARTS) is 1. The van der Waals surface area contributed by atoms with E-state index >= 15 is 0 Å². The maximum absolute atomic E-state index is 12.3. The molecule has 20 heavy (non-hydrogen) atoms. The van der Waals surface area contributed by atoms with Gasteiger partial charge >= 0.3 is 5.97 Å². The number of hydrogen-bond donors (Lipinski definition) is 1. The second-order valence-electron chi connectivity index (χ2n) is 5.82. The molecule has 0 aromatic heterocycles. The lowest BCUT2D eigenvalue weighted by molar-refractivity contribution is -0.147. The molecular formula is C15H26N2O3. The number of hydrogen-bond acceptors (Lipinski definition) is 3. The highest BCUT2D eigenvalue weighted by Crippen LogP contribution is 2.22. The third-order valence-corrected chi connectivity index (χ3v) is 3.79. The number of nitrogens with zero attached hydrogens (tertiary/aromatic N) is 2. The van der Waals surface area contributed by atoms with Crippen LogP contribution in [0.2, 0.25) is 0 Å². The summed E-state index contributed by atoms with van der Waals surface area (Å²) in [4.78, 5) is 27.1. The van der Waals surface area contributed by atoms with E-state index in [1.807, 2.05) is 13.8 Å². The topological polar surface area (TPSA) is 60.9 Å². The molecule has 1 fully saturated rings. The predicted octanol–water partition coefficient (Wildman–Crippen LogP) is 1.60. The van der Waals surface area contributed by atoms with Crippen LogP contribution in [0.5, 0.6) is 0 Å². The molecule has 0 radical (unpaired) electrons. The standard InChI is InChI=1S/C15H26N2O3/c1-5-16(9-11(2)3)14(18)10-17-7-6-12(4)8-13(17)15(19)20/h12-13H,2,5-10H2,1,3-4H3,(H,19,20). The van der Waals surface area contributed by atoms with Gasteiger partial charge in [0.25, 0.3) is 0 Å². The first-order valence-corrected chi connectivity index (χ1v) is 7.24. The molecule has 5 nitrogen and oxygen atoms in total. The summed E-state index contributed by atoms with van der Waals surface area (Å²) in [6.07, 6.45) is 1.57. The Morgan fingerprint density at radius 1 is 1.45 bits per heavy atom. The minimum atomic E-state index is -0.827. The number of carbonyl (C=O) groups is 2. The zero-order valence-corrected chi connectivity index (χ0v) is 12.8. The highest BCUT2D eigenvalue weighted by atomic mass is 16.4. The van der Waals surface area contributed by atoms with Gasteiger partial charge in [-0.15, -0.1) is 0 Å². The third kappa shape index (κ3) is 4.63. The smallest absolute Gasteiger partial charge is 0.320 e. The fraction of sp³-hybridized carbons (Fsp3) is 0.733. The van der Waals surface area contributed by atoms with Crippen molar-refractivity contribution in [2.24, 2.45) is 5.92 Å². The van der Waals surface area contributed by atoms with Crippen LogP contribution in [-0.2, 0) is 9.59 Å². The lowest BCUT2D eigenvalue weighted by atomic mass is 9.92. The molecule has 1 rings (SSSR count). The quantitative estimate of drug-likeness (QED) is 0.752. The molecule has 5 heteroatoms. The van der Waals surface area contributed by atoms with Crippen LogP contribution in [0.1, 0.15) is 33.6 Å². The summed E-state index contributed by atoms with van der Waals surface area (Å²) in [6, 6.07) is -0.536. The number of carbonyl (C=O) groups excluding carboxylic acids is 1. The molecule has 0 aliphatic carbocycles. The van der Waals surface area contributed by atoms with Crippen molar-refractivity contribution in [1.82, 2.24) is 9.80 Å². The largest absolute Gasteiger partial charge is 0.480 e. The van der Waals surface area contributed by atoms with Crippen molar-refractivity contribution in [2.75, 3.05) is 26.2 Å². The summed E-state index contributed by atoms with van der Waals surface area (Å²) in [5, 5.41) is 9.30. The molecule has 1 amide bonds. The molecule has 1 aliphatic heterocycles. The van der Waals surface area contributed by atoms with Crippen LogP contribution in [-0.4, -0.2) is 59.0 Å². The SMILES string of the molecule is C=C(C)CN(CC)C(=O)CN1CCC(C)CC1C(=O)O. The van der Waals surface area contributed by atoms with Gasteiger partial charge in [0, 0.05) is 13.1 Å². The number of aliphatic carboxylic acids is 1. The molecule has 2 unspecified atom stereocenters. The van der Waals surface area contributed by atoms with Crippen molar-refractivity contribution in [3.05, 3.63) is 12.2 Å². The van der Waals surface area contributed by atoms with Gasteiger partial charge in [-0.25, -0.2) is 0 Å². The highest BCUT2D eigenvalue weighted by molar-refractivity contribution is 5.80. The lowest BCUT2D eigenvalue weighted by Gasteiger charge is -2.36. The first kappa shape index (κ1) is 16.7. The van der Waals surface area contributed by atoms with E-state index in [9.17, 15) is 14.7 Å². The van der Waals surface area contributed by atoms with Gasteiger partial charge < -0.3 is 10.0 Å². The van der Waals surface area contributed by atoms with Gasteiger partial charge in [-0.1, -0.05) is 19.1 Å². The molecule has 1 saturated heterocycles. The molecule has 0 aromatic rings. The average Bonchev–Trinajstić information content (AvgIpc) is 2.37. The Hall–Kier alpha value is -1.36. The maximum Gasteiger partial charge on any atom is 0.320 e. The molecule has 114 valence electrons. The van der Waals surface area contributed by atoms with Crippen molar-refractivity contribution in [2.45, 2.75) is 39.7 Å². The minimum absolute atomic E-state index is 0.0173. The van der Waals surface area contributed by atoms with Crippen LogP contribution >= 0.6 is 0 Å². The molecule has 2 atom stereocenters. The van der Waals surface area contributed by atoms with Gasteiger partial charge in [0.15, 0.2) is 0 Å². The fourth-order valence-electron chi connectivity index (χ4n) is 2.61. The van der Waals surface area contributed by atoms with E-state index in [2.05, 4.69) is 13.5 Å². The van der Waals surface area contributed by atoms with Gasteiger partial charge in [-0.2, -0.15) is 0 Å². The summed E-state index contributed by atoms with van der Waals surface area (Å²) in [5.41, 5.74) is 0.933. The average molecular weight is 282 g/mol. The number of likely N-dealkylation sites (N-methyl/N-ethyl adjacent to an activating group) is 1. The molecule has 0 bridgehead atoms. The zero-order valence-electron chi connectivity index (χ0n) is 12.8. The Morgan fingerprint density at radius 2 is 2.10 bits per heavy atom. The lowest BCUT2D eigenvalue weighted by Crippen LogP contribution is -2.51. The van der Waals surface area contributed by atoms with Crippen LogP contribution in [0.3, 0.4) is 0 Å². The van der Waals surface area contributed by atoms with E-state index in [1.54, 1.807) is 9.80 Å². The first-order valence-electron chi connectivity index (χ1n) is 7.24. The van der Waals surface area contributed by atoms with Crippen molar-refractivity contribution >= 4 is 11.9 Å². The Labute approximate surface area is 121 Å². The van der Waals surface area contributed by atoms with Crippen LogP contribution in [0.15, 0.2) is 12.2 Å². The van der Waals surface area contributed by atoms with Gasteiger partial charge in [-0.3, -0.25) is 14.5 Å². The van der Waals surface area contributed by atoms with Crippen molar-refractivity contribution < 1.29 is 14.7 Å². The normalized spacial score (nSPS) is 23.4. The van der Waals surface area contributed by atoms with Gasteiger partial charge in [0.05, 0.1) is 6.54 Å². The van der Waals surface area contributed by atoms with E-state index in [0.29, 0.717) is 32.0 Å². The third-order valence-electron chi connectivity index (χ3n) is 3.79. The summed E-state index contributed by atoms with van der Waals surface area (Å²) in [7, 11) is 0. The van der Waals surface area contributed by atoms with E-state index in [0.717, 1.165) is 12.0 Å². The zero-order chi connectivity index (χ0) is 15.3. The van der Waals surface area contributed by atoms with E-state index in [4.69, 9.17) is 0 Å². The Balaban J connectivity index is 2.66. The molecule has 0 saturated carbocycles. The van der Waals surface area contributed by atoms with Crippen molar-refractivity contribution in [1.29, 1.82) is 0 Å². The van der Waals surface area contributed by atoms with Crippen LogP contribution in [0, 0.1) is 5.92 Å². The summed E-state index contributed by atoms with van der Waals surface area (Å²) in [6.45, 7) is 11.7. The van der Waals surface area contributed by atoms with E-state index in [1.165, 1.54) is 0 Å². The second kappa shape index (κ2) is 7.43. The number of rotatable bonds is 6. The van der Waals surface area contributed by atoms with Gasteiger partial charge in [0.2, 0.25) is 5.91 Å². The van der Waals surface area contributed by atoms with Gasteiger partial charge in [-0.05, 0) is 39.2 Å². The maximum atomic E-state index is 12.3. The molecule has 1 aliphatic rings. The van der Waals surface area contributed by atoms with Crippen molar-refractivity contribution in [3.63, 3.8) is 0 Å². The summed E-state index contributed by atoms with van der Waals surface area (Å²) in [5.74, 6) is -0.441. The fourth-order valence-corrected chi connectivity index (χ4v) is 2.61. The Morgan fingerprint density at radius 3 is 2.60 bits per heavy atom. The molecule has 1 N–H and O–H groups in total. The van der Waals surface area contributed by atoms with E-state index in [-0.39, 0.29) is 12.5 Å². The van der Waals surface area contributed by atoms with Gasteiger partial charge in [0.1, 0.15) is 6.04 Å². The van der Waals surface area contributed by atoms with Crippen molar-refractivity contribution in [3.8, 4) is 0 Å². The minimum Gasteiger partial charge on any atom is -0.480 e. The number of carboxylic acids is 1. The Bertz CT molecular complexity index is 381. The van der Waals surface area contributed by atoms with Crippen LogP contribution in [0.4, 0.5) is 0 Å². The molecule has 0 spiro atoms. The number of amides is 1. The predicted molar refractivity (Wildman–Crippen MR) is 78.5 cm³/mol. The number of likely N-dealkylation sites (tertiary alicyclic amines) is 1. The monoisotopic (exact) mass is 282 g/mol.